The maximum absolute atomic E-state index is 12.2. The Hall–Kier alpha value is -1.12. The summed E-state index contributed by atoms with van der Waals surface area (Å²) < 4.78 is 28.3. The number of aliphatic hydroxyl groups is 1. The van der Waals surface area contributed by atoms with Gasteiger partial charge in [-0.15, -0.1) is 0 Å². The molecule has 19 heavy (non-hydrogen) atoms. The summed E-state index contributed by atoms with van der Waals surface area (Å²) in [4.78, 5) is 3.76. The molecular weight excluding hydrogens is 268 g/mol. The van der Waals surface area contributed by atoms with Crippen LogP contribution < -0.4 is 10.5 Å². The Kier molecular flexibility index (Phi) is 4.94. The molecule has 110 valence electrons. The van der Waals surface area contributed by atoms with Crippen molar-refractivity contribution in [1.82, 2.24) is 14.3 Å². The maximum Gasteiger partial charge on any atom is 0.260 e. The molecule has 0 amide bonds. The SMILES string of the molecule is CCC(CC)(CO)CNS(=O)(=O)c1c(N)ncn1C. The second kappa shape index (κ2) is 5.89. The first-order valence-corrected chi connectivity index (χ1v) is 7.67. The van der Waals surface area contributed by atoms with Crippen molar-refractivity contribution >= 4 is 15.8 Å². The highest BCUT2D eigenvalue weighted by atomic mass is 32.2. The second-order valence-electron chi connectivity index (χ2n) is 4.74. The molecule has 0 spiro atoms. The van der Waals surface area contributed by atoms with E-state index in [0.717, 1.165) is 0 Å². The molecule has 0 aromatic carbocycles. The summed E-state index contributed by atoms with van der Waals surface area (Å²) in [6, 6.07) is 0. The van der Waals surface area contributed by atoms with E-state index in [1.807, 2.05) is 13.8 Å². The zero-order valence-corrected chi connectivity index (χ0v) is 12.4. The zero-order chi connectivity index (χ0) is 14.7. The van der Waals surface area contributed by atoms with Gasteiger partial charge in [-0.05, 0) is 12.8 Å². The van der Waals surface area contributed by atoms with Crippen molar-refractivity contribution in [3.8, 4) is 0 Å². The fourth-order valence-electron chi connectivity index (χ4n) is 1.86. The van der Waals surface area contributed by atoms with Crippen molar-refractivity contribution in [2.24, 2.45) is 12.5 Å². The Morgan fingerprint density at radius 3 is 2.42 bits per heavy atom. The van der Waals surface area contributed by atoms with Gasteiger partial charge in [0.15, 0.2) is 10.8 Å². The third-order valence-electron chi connectivity index (χ3n) is 3.64. The highest BCUT2D eigenvalue weighted by Gasteiger charge is 2.29. The number of aryl methyl sites for hydroxylation is 1. The Balaban J connectivity index is 2.93. The molecule has 1 heterocycles. The number of anilines is 1. The van der Waals surface area contributed by atoms with Gasteiger partial charge < -0.3 is 15.4 Å². The molecule has 1 rings (SSSR count). The van der Waals surface area contributed by atoms with Gasteiger partial charge in [-0.1, -0.05) is 13.8 Å². The lowest BCUT2D eigenvalue weighted by Gasteiger charge is -2.29. The predicted octanol–water partition coefficient (Wildman–Crippen LogP) is 0.0793. The number of hydrogen-bond acceptors (Lipinski definition) is 5. The zero-order valence-electron chi connectivity index (χ0n) is 11.5. The molecule has 0 aliphatic heterocycles. The number of imidazole rings is 1. The first-order chi connectivity index (χ1) is 8.82. The predicted molar refractivity (Wildman–Crippen MR) is 72.9 cm³/mol. The molecule has 0 saturated carbocycles. The van der Waals surface area contributed by atoms with E-state index in [4.69, 9.17) is 5.73 Å². The van der Waals surface area contributed by atoms with E-state index in [9.17, 15) is 13.5 Å². The lowest BCUT2D eigenvalue weighted by Crippen LogP contribution is -2.40. The van der Waals surface area contributed by atoms with Crippen molar-refractivity contribution in [3.05, 3.63) is 6.33 Å². The molecule has 1 aromatic heterocycles. The van der Waals surface area contributed by atoms with E-state index in [1.165, 1.54) is 10.9 Å². The standard InChI is InChI=1S/C11H22N4O3S/c1-4-11(5-2,7-16)6-14-19(17,18)10-9(12)13-8-15(10)3/h8,14,16H,4-7,12H2,1-3H3. The fraction of sp³-hybridized carbons (Fsp3) is 0.727. The normalized spacial score (nSPS) is 12.8. The first-order valence-electron chi connectivity index (χ1n) is 6.19. The number of nitrogens with two attached hydrogens (primary N) is 1. The van der Waals surface area contributed by atoms with E-state index in [-0.39, 0.29) is 24.0 Å². The van der Waals surface area contributed by atoms with Crippen LogP contribution in [0.2, 0.25) is 0 Å². The summed E-state index contributed by atoms with van der Waals surface area (Å²) >= 11 is 0. The van der Waals surface area contributed by atoms with E-state index in [1.54, 1.807) is 7.05 Å². The van der Waals surface area contributed by atoms with Crippen LogP contribution in [-0.4, -0.2) is 36.2 Å². The molecule has 1 aromatic rings. The van der Waals surface area contributed by atoms with Crippen LogP contribution in [0.1, 0.15) is 26.7 Å². The largest absolute Gasteiger partial charge is 0.396 e. The summed E-state index contributed by atoms with van der Waals surface area (Å²) in [7, 11) is -2.16. The van der Waals surface area contributed by atoms with E-state index >= 15 is 0 Å². The molecule has 0 radical (unpaired) electrons. The van der Waals surface area contributed by atoms with E-state index in [0.29, 0.717) is 12.8 Å². The molecular formula is C11H22N4O3S. The number of aliphatic hydroxyl groups excluding tert-OH is 1. The first kappa shape index (κ1) is 15.9. The van der Waals surface area contributed by atoms with Crippen LogP contribution in [0.25, 0.3) is 0 Å². The second-order valence-corrected chi connectivity index (χ2v) is 6.42. The van der Waals surface area contributed by atoms with Crippen LogP contribution in [0, 0.1) is 5.41 Å². The highest BCUT2D eigenvalue weighted by Crippen LogP contribution is 2.25. The summed E-state index contributed by atoms with van der Waals surface area (Å²) in [5.74, 6) is -0.0300. The third-order valence-corrected chi connectivity index (χ3v) is 5.17. The van der Waals surface area contributed by atoms with Gasteiger partial charge in [-0.25, -0.2) is 18.1 Å². The smallest absolute Gasteiger partial charge is 0.260 e. The number of rotatable bonds is 7. The number of hydrogen-bond donors (Lipinski definition) is 3. The summed E-state index contributed by atoms with van der Waals surface area (Å²) in [5, 5.41) is 9.39. The maximum atomic E-state index is 12.2. The van der Waals surface area contributed by atoms with Gasteiger partial charge in [0.1, 0.15) is 0 Å². The van der Waals surface area contributed by atoms with Crippen molar-refractivity contribution in [2.45, 2.75) is 31.7 Å². The number of nitrogen functional groups attached to an aromatic ring is 1. The van der Waals surface area contributed by atoms with Crippen molar-refractivity contribution in [2.75, 3.05) is 18.9 Å². The number of aromatic nitrogens is 2. The van der Waals surface area contributed by atoms with Crippen molar-refractivity contribution in [1.29, 1.82) is 0 Å². The van der Waals surface area contributed by atoms with Gasteiger partial charge in [0.25, 0.3) is 10.0 Å². The van der Waals surface area contributed by atoms with Gasteiger partial charge in [0.05, 0.1) is 6.33 Å². The van der Waals surface area contributed by atoms with Gasteiger partial charge in [-0.2, -0.15) is 0 Å². The molecule has 0 unspecified atom stereocenters. The van der Waals surface area contributed by atoms with E-state index < -0.39 is 15.4 Å². The lowest BCUT2D eigenvalue weighted by molar-refractivity contribution is 0.119. The van der Waals surface area contributed by atoms with Crippen molar-refractivity contribution < 1.29 is 13.5 Å². The third kappa shape index (κ3) is 3.26. The monoisotopic (exact) mass is 290 g/mol. The van der Waals surface area contributed by atoms with E-state index in [2.05, 4.69) is 9.71 Å². The van der Waals surface area contributed by atoms with Crippen LogP contribution in [0.15, 0.2) is 11.4 Å². The minimum Gasteiger partial charge on any atom is -0.396 e. The molecule has 4 N–H and O–H groups in total. The number of sulfonamides is 1. The van der Waals surface area contributed by atoms with Crippen LogP contribution in [0.4, 0.5) is 5.82 Å². The summed E-state index contributed by atoms with van der Waals surface area (Å²) in [5.41, 5.74) is 5.12. The van der Waals surface area contributed by atoms with Crippen LogP contribution in [0.5, 0.6) is 0 Å². The van der Waals surface area contributed by atoms with Crippen LogP contribution in [-0.2, 0) is 17.1 Å². The highest BCUT2D eigenvalue weighted by molar-refractivity contribution is 7.89. The minimum absolute atomic E-state index is 0.0300. The Morgan fingerprint density at radius 1 is 1.47 bits per heavy atom. The Labute approximate surface area is 113 Å². The minimum atomic E-state index is -3.73. The fourth-order valence-corrected chi connectivity index (χ4v) is 3.25. The molecule has 0 aliphatic rings. The number of nitrogens with one attached hydrogen (secondary N) is 1. The molecule has 7 nitrogen and oxygen atoms in total. The van der Waals surface area contributed by atoms with Gasteiger partial charge in [0.2, 0.25) is 0 Å². The molecule has 0 fully saturated rings. The summed E-state index contributed by atoms with van der Waals surface area (Å²) in [6.45, 7) is 3.95. The van der Waals surface area contributed by atoms with Crippen LogP contribution in [0.3, 0.4) is 0 Å². The Morgan fingerprint density at radius 2 is 2.05 bits per heavy atom. The molecule has 0 saturated heterocycles. The Bertz CT molecular complexity index is 492. The average Bonchev–Trinajstić information content (AvgIpc) is 2.72. The number of nitrogens with zero attached hydrogens (tertiary/aromatic N) is 2. The van der Waals surface area contributed by atoms with Crippen LogP contribution >= 0.6 is 0 Å². The molecule has 0 aliphatic carbocycles. The molecule has 8 heteroatoms. The van der Waals surface area contributed by atoms with Gasteiger partial charge >= 0.3 is 0 Å². The lowest BCUT2D eigenvalue weighted by atomic mass is 9.84. The van der Waals surface area contributed by atoms with Crippen molar-refractivity contribution in [3.63, 3.8) is 0 Å². The molecule has 0 atom stereocenters. The quantitative estimate of drug-likeness (QED) is 0.658. The topological polar surface area (TPSA) is 110 Å². The summed E-state index contributed by atoms with van der Waals surface area (Å²) in [6.07, 6.45) is 2.72. The van der Waals surface area contributed by atoms with Gasteiger partial charge in [0, 0.05) is 25.6 Å². The van der Waals surface area contributed by atoms with Gasteiger partial charge in [-0.3, -0.25) is 0 Å². The average molecular weight is 290 g/mol. The molecule has 0 bridgehead atoms.